The van der Waals surface area contributed by atoms with Crippen LogP contribution in [0.3, 0.4) is 0 Å². The zero-order chi connectivity index (χ0) is 15.4. The van der Waals surface area contributed by atoms with Crippen molar-refractivity contribution in [2.24, 2.45) is 5.92 Å². The lowest BCUT2D eigenvalue weighted by Crippen LogP contribution is -2.14. The van der Waals surface area contributed by atoms with E-state index in [1.165, 1.54) is 6.07 Å². The molecular weight excluding hydrogens is 270 g/mol. The van der Waals surface area contributed by atoms with Crippen LogP contribution in [0.25, 0.3) is 11.3 Å². The maximum absolute atomic E-state index is 11.9. The standard InChI is InChI=1S/C16H17NO4/c1-10(2)9-15(18)17-12-6-4-3-5-11(12)13-7-8-14(21-13)16(19)20/h3-8,10H,9H2,1-2H3,(H,17,18)(H,19,20). The van der Waals surface area contributed by atoms with Crippen LogP contribution in [0, 0.1) is 5.92 Å². The molecule has 0 unspecified atom stereocenters. The summed E-state index contributed by atoms with van der Waals surface area (Å²) in [5, 5.41) is 11.7. The summed E-state index contributed by atoms with van der Waals surface area (Å²) in [6.07, 6.45) is 0.423. The first-order valence-corrected chi connectivity index (χ1v) is 6.69. The van der Waals surface area contributed by atoms with Gasteiger partial charge in [-0.05, 0) is 30.2 Å². The van der Waals surface area contributed by atoms with Gasteiger partial charge in [0, 0.05) is 12.0 Å². The van der Waals surface area contributed by atoms with Crippen molar-refractivity contribution in [3.63, 3.8) is 0 Å². The summed E-state index contributed by atoms with van der Waals surface area (Å²) < 4.78 is 5.28. The first kappa shape index (κ1) is 14.8. The maximum Gasteiger partial charge on any atom is 0.371 e. The predicted octanol–water partition coefficient (Wildman–Crippen LogP) is 3.63. The van der Waals surface area contributed by atoms with Crippen LogP contribution < -0.4 is 5.32 Å². The SMILES string of the molecule is CC(C)CC(=O)Nc1ccccc1-c1ccc(C(=O)O)o1. The minimum Gasteiger partial charge on any atom is -0.475 e. The number of hydrogen-bond acceptors (Lipinski definition) is 3. The van der Waals surface area contributed by atoms with E-state index in [1.807, 2.05) is 13.8 Å². The molecule has 2 aromatic rings. The van der Waals surface area contributed by atoms with Crippen LogP contribution in [-0.2, 0) is 4.79 Å². The molecule has 1 aromatic carbocycles. The van der Waals surface area contributed by atoms with E-state index in [-0.39, 0.29) is 17.6 Å². The molecule has 0 aliphatic heterocycles. The number of amides is 1. The molecule has 110 valence electrons. The van der Waals surface area contributed by atoms with Crippen molar-refractivity contribution in [2.75, 3.05) is 5.32 Å². The third-order valence-electron chi connectivity index (χ3n) is 2.88. The molecule has 2 rings (SSSR count). The predicted molar refractivity (Wildman–Crippen MR) is 79.2 cm³/mol. The average molecular weight is 287 g/mol. The van der Waals surface area contributed by atoms with E-state index in [4.69, 9.17) is 9.52 Å². The quantitative estimate of drug-likeness (QED) is 0.880. The van der Waals surface area contributed by atoms with Crippen molar-refractivity contribution in [1.82, 2.24) is 0 Å². The second-order valence-electron chi connectivity index (χ2n) is 5.16. The Morgan fingerprint density at radius 2 is 1.90 bits per heavy atom. The summed E-state index contributed by atoms with van der Waals surface area (Å²) in [5.74, 6) is -0.661. The van der Waals surface area contributed by atoms with Gasteiger partial charge < -0.3 is 14.8 Å². The van der Waals surface area contributed by atoms with Crippen LogP contribution in [0.15, 0.2) is 40.8 Å². The Kier molecular flexibility index (Phi) is 4.42. The Morgan fingerprint density at radius 1 is 1.19 bits per heavy atom. The molecule has 0 bridgehead atoms. The molecule has 0 aliphatic carbocycles. The van der Waals surface area contributed by atoms with Crippen molar-refractivity contribution in [1.29, 1.82) is 0 Å². The number of carboxylic acids is 1. The highest BCUT2D eigenvalue weighted by Crippen LogP contribution is 2.29. The summed E-state index contributed by atoms with van der Waals surface area (Å²) in [5.41, 5.74) is 1.26. The van der Waals surface area contributed by atoms with Crippen LogP contribution in [0.4, 0.5) is 5.69 Å². The molecule has 5 nitrogen and oxygen atoms in total. The number of para-hydroxylation sites is 1. The second-order valence-corrected chi connectivity index (χ2v) is 5.16. The van der Waals surface area contributed by atoms with E-state index in [1.54, 1.807) is 30.3 Å². The van der Waals surface area contributed by atoms with Crippen molar-refractivity contribution in [3.8, 4) is 11.3 Å². The molecule has 5 heteroatoms. The summed E-state index contributed by atoms with van der Waals surface area (Å²) in [7, 11) is 0. The van der Waals surface area contributed by atoms with Gasteiger partial charge in [-0.15, -0.1) is 0 Å². The van der Waals surface area contributed by atoms with E-state index in [0.29, 0.717) is 23.4 Å². The number of benzene rings is 1. The molecule has 0 saturated carbocycles. The fourth-order valence-electron chi connectivity index (χ4n) is 1.98. The van der Waals surface area contributed by atoms with Gasteiger partial charge in [0.2, 0.25) is 11.7 Å². The van der Waals surface area contributed by atoms with Crippen LogP contribution >= 0.6 is 0 Å². The molecule has 0 saturated heterocycles. The minimum absolute atomic E-state index is 0.0811. The van der Waals surface area contributed by atoms with Gasteiger partial charge in [-0.25, -0.2) is 4.79 Å². The molecule has 0 aliphatic rings. The zero-order valence-electron chi connectivity index (χ0n) is 11.9. The lowest BCUT2D eigenvalue weighted by molar-refractivity contribution is -0.116. The van der Waals surface area contributed by atoms with Gasteiger partial charge in [0.05, 0.1) is 5.69 Å². The van der Waals surface area contributed by atoms with Crippen LogP contribution in [-0.4, -0.2) is 17.0 Å². The lowest BCUT2D eigenvalue weighted by atomic mass is 10.1. The summed E-state index contributed by atoms with van der Waals surface area (Å²) >= 11 is 0. The Bertz CT molecular complexity index is 658. The highest BCUT2D eigenvalue weighted by atomic mass is 16.4. The molecule has 0 radical (unpaired) electrons. The van der Waals surface area contributed by atoms with Gasteiger partial charge in [-0.3, -0.25) is 4.79 Å². The number of hydrogen-bond donors (Lipinski definition) is 2. The molecule has 1 heterocycles. The summed E-state index contributed by atoms with van der Waals surface area (Å²) in [4.78, 5) is 22.8. The summed E-state index contributed by atoms with van der Waals surface area (Å²) in [6.45, 7) is 3.94. The lowest BCUT2D eigenvalue weighted by Gasteiger charge is -2.10. The van der Waals surface area contributed by atoms with Gasteiger partial charge in [-0.1, -0.05) is 26.0 Å². The minimum atomic E-state index is -1.12. The first-order chi connectivity index (χ1) is 9.97. The first-order valence-electron chi connectivity index (χ1n) is 6.69. The topological polar surface area (TPSA) is 79.5 Å². The van der Waals surface area contributed by atoms with Gasteiger partial charge in [-0.2, -0.15) is 0 Å². The zero-order valence-corrected chi connectivity index (χ0v) is 11.9. The molecule has 0 spiro atoms. The van der Waals surface area contributed by atoms with Gasteiger partial charge >= 0.3 is 5.97 Å². The van der Waals surface area contributed by atoms with Crippen molar-refractivity contribution in [3.05, 3.63) is 42.2 Å². The van der Waals surface area contributed by atoms with Gasteiger partial charge in [0.25, 0.3) is 0 Å². The van der Waals surface area contributed by atoms with E-state index in [9.17, 15) is 9.59 Å². The average Bonchev–Trinajstić information content (AvgIpc) is 2.88. The van der Waals surface area contributed by atoms with Gasteiger partial charge in [0.15, 0.2) is 0 Å². The smallest absolute Gasteiger partial charge is 0.371 e. The normalized spacial score (nSPS) is 10.6. The largest absolute Gasteiger partial charge is 0.475 e. The number of nitrogens with one attached hydrogen (secondary N) is 1. The Hall–Kier alpha value is -2.56. The highest BCUT2D eigenvalue weighted by Gasteiger charge is 2.14. The number of anilines is 1. The fourth-order valence-corrected chi connectivity index (χ4v) is 1.98. The van der Waals surface area contributed by atoms with Crippen LogP contribution in [0.1, 0.15) is 30.8 Å². The monoisotopic (exact) mass is 287 g/mol. The second kappa shape index (κ2) is 6.26. The number of aromatic carboxylic acids is 1. The molecular formula is C16H17NO4. The molecule has 2 N–H and O–H groups in total. The Balaban J connectivity index is 2.27. The van der Waals surface area contributed by atoms with Crippen molar-refractivity contribution < 1.29 is 19.1 Å². The Labute approximate surface area is 122 Å². The van der Waals surface area contributed by atoms with E-state index in [2.05, 4.69) is 5.32 Å². The van der Waals surface area contributed by atoms with Gasteiger partial charge in [0.1, 0.15) is 5.76 Å². The summed E-state index contributed by atoms with van der Waals surface area (Å²) in [6, 6.07) is 10.1. The molecule has 21 heavy (non-hydrogen) atoms. The Morgan fingerprint density at radius 3 is 2.52 bits per heavy atom. The molecule has 0 atom stereocenters. The van der Waals surface area contributed by atoms with Crippen LogP contribution in [0.2, 0.25) is 0 Å². The van der Waals surface area contributed by atoms with E-state index < -0.39 is 5.97 Å². The number of carbonyl (C=O) groups is 2. The molecule has 1 aromatic heterocycles. The fraction of sp³-hybridized carbons (Fsp3) is 0.250. The number of rotatable bonds is 5. The number of carbonyl (C=O) groups excluding carboxylic acids is 1. The molecule has 1 amide bonds. The van der Waals surface area contributed by atoms with E-state index in [0.717, 1.165) is 0 Å². The van der Waals surface area contributed by atoms with Crippen molar-refractivity contribution in [2.45, 2.75) is 20.3 Å². The molecule has 0 fully saturated rings. The number of furan rings is 1. The number of carboxylic acid groups (broad SMARTS) is 1. The third-order valence-corrected chi connectivity index (χ3v) is 2.88. The van der Waals surface area contributed by atoms with Crippen molar-refractivity contribution >= 4 is 17.6 Å². The maximum atomic E-state index is 11.9. The van der Waals surface area contributed by atoms with Crippen LogP contribution in [0.5, 0.6) is 0 Å². The van der Waals surface area contributed by atoms with E-state index >= 15 is 0 Å². The highest BCUT2D eigenvalue weighted by molar-refractivity contribution is 5.95. The third kappa shape index (κ3) is 3.72.